The number of carbonyl (C=O) groups is 2. The van der Waals surface area contributed by atoms with E-state index in [1.165, 1.54) is 13.1 Å². The molecule has 0 aliphatic carbocycles. The SMILES string of the molecule is CC(=O)c1ccc(N/N=C\c2ccc(C=O)cc2)nc1. The standard InChI is InChI=1S/C15H13N3O2/c1-11(20)14-6-7-15(16-9-14)18-17-8-12-2-4-13(10-19)5-3-12/h2-10H,1H3,(H,16,18)/b17-8-. The first-order chi connectivity index (χ1) is 9.69. The molecule has 1 aromatic carbocycles. The number of carbonyl (C=O) groups excluding carboxylic acids is 2. The number of nitrogens with one attached hydrogen (secondary N) is 1. The predicted octanol–water partition coefficient (Wildman–Crippen LogP) is 2.54. The highest BCUT2D eigenvalue weighted by Crippen LogP contribution is 2.06. The molecule has 0 unspecified atom stereocenters. The molecule has 2 rings (SSSR count). The fraction of sp³-hybridized carbons (Fsp3) is 0.0667. The highest BCUT2D eigenvalue weighted by atomic mass is 16.1. The van der Waals surface area contributed by atoms with Crippen molar-refractivity contribution in [3.63, 3.8) is 0 Å². The van der Waals surface area contributed by atoms with E-state index in [4.69, 9.17) is 0 Å². The lowest BCUT2D eigenvalue weighted by Gasteiger charge is -2.00. The van der Waals surface area contributed by atoms with Gasteiger partial charge in [-0.15, -0.1) is 0 Å². The van der Waals surface area contributed by atoms with E-state index in [1.807, 2.05) is 0 Å². The van der Waals surface area contributed by atoms with Crippen LogP contribution in [0.3, 0.4) is 0 Å². The highest BCUT2D eigenvalue weighted by molar-refractivity contribution is 5.93. The van der Waals surface area contributed by atoms with E-state index < -0.39 is 0 Å². The van der Waals surface area contributed by atoms with E-state index in [-0.39, 0.29) is 5.78 Å². The number of nitrogens with zero attached hydrogens (tertiary/aromatic N) is 2. The van der Waals surface area contributed by atoms with Gasteiger partial charge in [-0.3, -0.25) is 15.0 Å². The van der Waals surface area contributed by atoms with Gasteiger partial charge in [0.15, 0.2) is 5.78 Å². The van der Waals surface area contributed by atoms with E-state index in [1.54, 1.807) is 42.6 Å². The van der Waals surface area contributed by atoms with Crippen LogP contribution in [0.25, 0.3) is 0 Å². The highest BCUT2D eigenvalue weighted by Gasteiger charge is 1.98. The minimum absolute atomic E-state index is 0.0252. The van der Waals surface area contributed by atoms with Gasteiger partial charge in [-0.05, 0) is 24.6 Å². The Morgan fingerprint density at radius 3 is 2.40 bits per heavy atom. The van der Waals surface area contributed by atoms with Gasteiger partial charge in [-0.25, -0.2) is 4.98 Å². The Hall–Kier alpha value is -2.82. The number of pyridine rings is 1. The molecule has 0 aliphatic rings. The van der Waals surface area contributed by atoms with Gasteiger partial charge in [0.25, 0.3) is 0 Å². The van der Waals surface area contributed by atoms with Crippen LogP contribution in [-0.4, -0.2) is 23.3 Å². The van der Waals surface area contributed by atoms with Crippen molar-refractivity contribution in [2.45, 2.75) is 6.92 Å². The van der Waals surface area contributed by atoms with E-state index in [2.05, 4.69) is 15.5 Å². The molecule has 5 nitrogen and oxygen atoms in total. The number of hydrazone groups is 1. The summed E-state index contributed by atoms with van der Waals surface area (Å²) in [5.41, 5.74) is 4.81. The third-order valence-electron chi connectivity index (χ3n) is 2.64. The van der Waals surface area contributed by atoms with Crippen molar-refractivity contribution in [3.05, 3.63) is 59.3 Å². The summed E-state index contributed by atoms with van der Waals surface area (Å²) in [5, 5.41) is 4.03. The van der Waals surface area contributed by atoms with Crippen molar-refractivity contribution in [1.29, 1.82) is 0 Å². The van der Waals surface area contributed by atoms with E-state index in [0.717, 1.165) is 11.8 Å². The molecule has 0 amide bonds. The van der Waals surface area contributed by atoms with Crippen LogP contribution in [0.15, 0.2) is 47.7 Å². The summed E-state index contributed by atoms with van der Waals surface area (Å²) in [5.74, 6) is 0.526. The minimum Gasteiger partial charge on any atom is -0.298 e. The average Bonchev–Trinajstić information content (AvgIpc) is 2.48. The zero-order valence-electron chi connectivity index (χ0n) is 10.9. The lowest BCUT2D eigenvalue weighted by molar-refractivity contribution is 0.101. The van der Waals surface area contributed by atoms with Crippen LogP contribution in [-0.2, 0) is 0 Å². The summed E-state index contributed by atoms with van der Waals surface area (Å²) in [7, 11) is 0. The van der Waals surface area contributed by atoms with E-state index >= 15 is 0 Å². The fourth-order valence-corrected chi connectivity index (χ4v) is 1.50. The quantitative estimate of drug-likeness (QED) is 0.391. The summed E-state index contributed by atoms with van der Waals surface area (Å²) in [6, 6.07) is 10.4. The maximum Gasteiger partial charge on any atom is 0.161 e. The number of hydrogen-bond acceptors (Lipinski definition) is 5. The van der Waals surface area contributed by atoms with Gasteiger partial charge in [-0.1, -0.05) is 24.3 Å². The van der Waals surface area contributed by atoms with Crippen LogP contribution < -0.4 is 5.43 Å². The Morgan fingerprint density at radius 2 is 1.85 bits per heavy atom. The molecule has 5 heteroatoms. The molecule has 20 heavy (non-hydrogen) atoms. The predicted molar refractivity (Wildman–Crippen MR) is 77.3 cm³/mol. The largest absolute Gasteiger partial charge is 0.298 e. The first-order valence-corrected chi connectivity index (χ1v) is 6.00. The molecular weight excluding hydrogens is 254 g/mol. The molecule has 0 saturated heterocycles. The number of aldehydes is 1. The van der Waals surface area contributed by atoms with Crippen molar-refractivity contribution in [2.75, 3.05) is 5.43 Å². The lowest BCUT2D eigenvalue weighted by atomic mass is 10.2. The molecule has 100 valence electrons. The zero-order chi connectivity index (χ0) is 14.4. The monoisotopic (exact) mass is 267 g/mol. The Kier molecular flexibility index (Phi) is 4.34. The maximum atomic E-state index is 11.1. The second-order valence-corrected chi connectivity index (χ2v) is 4.14. The Labute approximate surface area is 116 Å². The number of aromatic nitrogens is 1. The second-order valence-electron chi connectivity index (χ2n) is 4.14. The number of benzene rings is 1. The van der Waals surface area contributed by atoms with Crippen molar-refractivity contribution in [2.24, 2.45) is 5.10 Å². The number of hydrogen-bond donors (Lipinski definition) is 1. The third kappa shape index (κ3) is 3.58. The summed E-state index contributed by atoms with van der Waals surface area (Å²) >= 11 is 0. The molecule has 0 fully saturated rings. The minimum atomic E-state index is -0.0252. The molecule has 0 saturated carbocycles. The molecule has 0 bridgehead atoms. The topological polar surface area (TPSA) is 71.4 Å². The van der Waals surface area contributed by atoms with Crippen molar-refractivity contribution < 1.29 is 9.59 Å². The second kappa shape index (κ2) is 6.38. The number of Topliss-reactive ketones (excluding diaryl/α,β-unsaturated/α-hetero) is 1. The van der Waals surface area contributed by atoms with Gasteiger partial charge in [0, 0.05) is 17.3 Å². The Balaban J connectivity index is 1.98. The fourth-order valence-electron chi connectivity index (χ4n) is 1.50. The van der Waals surface area contributed by atoms with Crippen LogP contribution in [0.4, 0.5) is 5.82 Å². The number of anilines is 1. The molecule has 1 aromatic heterocycles. The molecule has 2 aromatic rings. The molecule has 0 radical (unpaired) electrons. The van der Waals surface area contributed by atoms with Gasteiger partial charge < -0.3 is 0 Å². The molecule has 0 aliphatic heterocycles. The van der Waals surface area contributed by atoms with E-state index in [9.17, 15) is 9.59 Å². The summed E-state index contributed by atoms with van der Waals surface area (Å²) in [4.78, 5) is 25.7. The van der Waals surface area contributed by atoms with Gasteiger partial charge in [0.2, 0.25) is 0 Å². The van der Waals surface area contributed by atoms with Crippen molar-refractivity contribution in [3.8, 4) is 0 Å². The van der Waals surface area contributed by atoms with Gasteiger partial charge in [0.1, 0.15) is 12.1 Å². The zero-order valence-corrected chi connectivity index (χ0v) is 10.9. The Morgan fingerprint density at radius 1 is 1.15 bits per heavy atom. The van der Waals surface area contributed by atoms with Gasteiger partial charge >= 0.3 is 0 Å². The van der Waals surface area contributed by atoms with Crippen LogP contribution in [0.1, 0.15) is 33.2 Å². The van der Waals surface area contributed by atoms with Gasteiger partial charge in [0.05, 0.1) is 6.21 Å². The average molecular weight is 267 g/mol. The lowest BCUT2D eigenvalue weighted by Crippen LogP contribution is -1.97. The van der Waals surface area contributed by atoms with Crippen LogP contribution >= 0.6 is 0 Å². The third-order valence-corrected chi connectivity index (χ3v) is 2.64. The van der Waals surface area contributed by atoms with Crippen LogP contribution in [0.2, 0.25) is 0 Å². The molecule has 1 N–H and O–H groups in total. The van der Waals surface area contributed by atoms with Crippen LogP contribution in [0.5, 0.6) is 0 Å². The molecule has 0 spiro atoms. The van der Waals surface area contributed by atoms with Crippen molar-refractivity contribution >= 4 is 24.1 Å². The summed E-state index contributed by atoms with van der Waals surface area (Å²) in [6.45, 7) is 1.49. The normalized spacial score (nSPS) is 10.4. The maximum absolute atomic E-state index is 11.1. The van der Waals surface area contributed by atoms with Crippen LogP contribution in [0, 0.1) is 0 Å². The number of rotatable bonds is 5. The molecule has 0 atom stereocenters. The first-order valence-electron chi connectivity index (χ1n) is 6.00. The molecular formula is C15H13N3O2. The molecule has 1 heterocycles. The van der Waals surface area contributed by atoms with Crippen molar-refractivity contribution in [1.82, 2.24) is 4.98 Å². The summed E-state index contributed by atoms with van der Waals surface area (Å²) < 4.78 is 0. The Bertz CT molecular complexity index is 631. The number of ketones is 1. The summed E-state index contributed by atoms with van der Waals surface area (Å²) in [6.07, 6.45) is 3.91. The smallest absolute Gasteiger partial charge is 0.161 e. The first kappa shape index (κ1) is 13.6. The van der Waals surface area contributed by atoms with E-state index in [0.29, 0.717) is 16.9 Å². The van der Waals surface area contributed by atoms with Gasteiger partial charge in [-0.2, -0.15) is 5.10 Å².